The molecule has 2 rings (SSSR count). The molecular weight excluding hydrogens is 252 g/mol. The third-order valence-electron chi connectivity index (χ3n) is 2.71. The second-order valence-electron chi connectivity index (χ2n) is 4.35. The fourth-order valence-corrected chi connectivity index (χ4v) is 1.73. The van der Waals surface area contributed by atoms with Crippen LogP contribution in [-0.2, 0) is 16.1 Å². The average molecular weight is 268 g/mol. The van der Waals surface area contributed by atoms with Gasteiger partial charge in [-0.2, -0.15) is 0 Å². The second-order valence-corrected chi connectivity index (χ2v) is 4.35. The molecule has 0 atom stereocenters. The highest BCUT2D eigenvalue weighted by Gasteiger charge is 2.09. The van der Waals surface area contributed by atoms with Gasteiger partial charge >= 0.3 is 0 Å². The number of hydrogen-bond donors (Lipinski definition) is 2. The van der Waals surface area contributed by atoms with Crippen LogP contribution in [0.15, 0.2) is 60.7 Å². The van der Waals surface area contributed by atoms with Crippen molar-refractivity contribution in [3.8, 4) is 0 Å². The van der Waals surface area contributed by atoms with Crippen LogP contribution in [0, 0.1) is 0 Å². The van der Waals surface area contributed by atoms with E-state index in [1.807, 2.05) is 48.5 Å². The first-order valence-corrected chi connectivity index (χ1v) is 6.39. The monoisotopic (exact) mass is 268 g/mol. The maximum Gasteiger partial charge on any atom is 0.233 e. The second kappa shape index (κ2) is 7.09. The molecule has 0 fully saturated rings. The zero-order chi connectivity index (χ0) is 14.2. The van der Waals surface area contributed by atoms with Crippen LogP contribution in [0.25, 0.3) is 0 Å². The summed E-state index contributed by atoms with van der Waals surface area (Å²) in [7, 11) is 0. The Hall–Kier alpha value is -2.62. The highest BCUT2D eigenvalue weighted by Crippen LogP contribution is 2.05. The topological polar surface area (TPSA) is 58.2 Å². The highest BCUT2D eigenvalue weighted by atomic mass is 16.2. The van der Waals surface area contributed by atoms with Gasteiger partial charge in [-0.1, -0.05) is 48.5 Å². The molecule has 0 spiro atoms. The van der Waals surface area contributed by atoms with Crippen molar-refractivity contribution in [1.29, 1.82) is 0 Å². The van der Waals surface area contributed by atoms with Gasteiger partial charge in [0.2, 0.25) is 11.8 Å². The zero-order valence-corrected chi connectivity index (χ0v) is 11.0. The van der Waals surface area contributed by atoms with Gasteiger partial charge < -0.3 is 10.6 Å². The van der Waals surface area contributed by atoms with Crippen molar-refractivity contribution in [3.63, 3.8) is 0 Å². The molecule has 0 aliphatic carbocycles. The Morgan fingerprint density at radius 2 is 1.40 bits per heavy atom. The summed E-state index contributed by atoms with van der Waals surface area (Å²) < 4.78 is 0. The Labute approximate surface area is 117 Å². The molecule has 0 heterocycles. The Balaban J connectivity index is 1.75. The number of rotatable bonds is 5. The Kier molecular flexibility index (Phi) is 4.89. The molecule has 102 valence electrons. The number of carbonyl (C=O) groups is 2. The number of benzene rings is 2. The lowest BCUT2D eigenvalue weighted by molar-refractivity contribution is -0.126. The molecule has 2 aromatic rings. The fraction of sp³-hybridized carbons (Fsp3) is 0.125. The van der Waals surface area contributed by atoms with E-state index < -0.39 is 0 Å². The van der Waals surface area contributed by atoms with Crippen LogP contribution in [0.2, 0.25) is 0 Å². The van der Waals surface area contributed by atoms with Gasteiger partial charge in [-0.15, -0.1) is 0 Å². The minimum Gasteiger partial charge on any atom is -0.352 e. The molecule has 20 heavy (non-hydrogen) atoms. The van der Waals surface area contributed by atoms with E-state index in [1.54, 1.807) is 12.1 Å². The highest BCUT2D eigenvalue weighted by molar-refractivity contribution is 6.03. The predicted molar refractivity (Wildman–Crippen MR) is 78.0 cm³/mol. The van der Waals surface area contributed by atoms with Crippen LogP contribution in [0.3, 0.4) is 0 Å². The Morgan fingerprint density at radius 3 is 2.05 bits per heavy atom. The number of amides is 2. The quantitative estimate of drug-likeness (QED) is 0.818. The average Bonchev–Trinajstić information content (AvgIpc) is 2.47. The number of nitrogens with one attached hydrogen (secondary N) is 2. The van der Waals surface area contributed by atoms with Gasteiger partial charge in [-0.3, -0.25) is 9.59 Å². The number of hydrogen-bond acceptors (Lipinski definition) is 2. The van der Waals surface area contributed by atoms with E-state index >= 15 is 0 Å². The molecule has 0 aliphatic heterocycles. The smallest absolute Gasteiger partial charge is 0.233 e. The van der Waals surface area contributed by atoms with Crippen LogP contribution in [0.4, 0.5) is 5.69 Å². The minimum atomic E-state index is -0.318. The van der Waals surface area contributed by atoms with E-state index in [9.17, 15) is 9.59 Å². The minimum absolute atomic E-state index is 0.179. The third kappa shape index (κ3) is 4.57. The number of anilines is 1. The molecule has 0 aromatic heterocycles. The molecule has 0 aliphatic rings. The number of para-hydroxylation sites is 1. The first-order valence-electron chi connectivity index (χ1n) is 6.39. The van der Waals surface area contributed by atoms with E-state index in [0.717, 1.165) is 5.56 Å². The van der Waals surface area contributed by atoms with E-state index in [-0.39, 0.29) is 18.2 Å². The van der Waals surface area contributed by atoms with Gasteiger partial charge in [0.1, 0.15) is 6.42 Å². The van der Waals surface area contributed by atoms with Gasteiger partial charge in [-0.05, 0) is 17.7 Å². The maximum absolute atomic E-state index is 11.7. The molecule has 4 nitrogen and oxygen atoms in total. The standard InChI is InChI=1S/C16H16N2O2/c19-15(17-12-13-7-3-1-4-8-13)11-16(20)18-14-9-5-2-6-10-14/h1-10H,11-12H2,(H,17,19)(H,18,20). The summed E-state index contributed by atoms with van der Waals surface area (Å²) in [6.07, 6.45) is -0.179. The van der Waals surface area contributed by atoms with E-state index in [0.29, 0.717) is 12.2 Å². The molecule has 0 saturated heterocycles. The maximum atomic E-state index is 11.7. The molecule has 2 aromatic carbocycles. The summed E-state index contributed by atoms with van der Waals surface area (Å²) in [4.78, 5) is 23.3. The molecule has 0 radical (unpaired) electrons. The molecule has 2 amide bonds. The van der Waals surface area contributed by atoms with Crippen molar-refractivity contribution < 1.29 is 9.59 Å². The van der Waals surface area contributed by atoms with Gasteiger partial charge in [0.25, 0.3) is 0 Å². The zero-order valence-electron chi connectivity index (χ0n) is 11.0. The molecule has 0 unspecified atom stereocenters. The summed E-state index contributed by atoms with van der Waals surface area (Å²) in [5.41, 5.74) is 1.69. The van der Waals surface area contributed by atoms with Crippen LogP contribution >= 0.6 is 0 Å². The summed E-state index contributed by atoms with van der Waals surface area (Å²) in [5, 5.41) is 5.39. The van der Waals surface area contributed by atoms with E-state index in [1.165, 1.54) is 0 Å². The van der Waals surface area contributed by atoms with Crippen LogP contribution in [-0.4, -0.2) is 11.8 Å². The molecule has 0 saturated carbocycles. The Morgan fingerprint density at radius 1 is 0.800 bits per heavy atom. The van der Waals surface area contributed by atoms with Crippen molar-refractivity contribution >= 4 is 17.5 Å². The molecule has 4 heteroatoms. The van der Waals surface area contributed by atoms with Gasteiger partial charge in [0.15, 0.2) is 0 Å². The van der Waals surface area contributed by atoms with Gasteiger partial charge in [0.05, 0.1) is 0 Å². The van der Waals surface area contributed by atoms with E-state index in [4.69, 9.17) is 0 Å². The summed E-state index contributed by atoms with van der Waals surface area (Å²) in [6, 6.07) is 18.6. The lowest BCUT2D eigenvalue weighted by Gasteiger charge is -2.06. The summed E-state index contributed by atoms with van der Waals surface area (Å²) in [6.45, 7) is 0.429. The van der Waals surface area contributed by atoms with Crippen molar-refractivity contribution in [2.75, 3.05) is 5.32 Å². The third-order valence-corrected chi connectivity index (χ3v) is 2.71. The predicted octanol–water partition coefficient (Wildman–Crippen LogP) is 2.33. The van der Waals surface area contributed by atoms with Crippen molar-refractivity contribution in [1.82, 2.24) is 5.32 Å². The SMILES string of the molecule is O=C(CC(=O)Nc1ccccc1)NCc1ccccc1. The first-order chi connectivity index (χ1) is 9.74. The molecule has 0 bridgehead atoms. The molecule has 2 N–H and O–H groups in total. The van der Waals surface area contributed by atoms with E-state index in [2.05, 4.69) is 10.6 Å². The molecular formula is C16H16N2O2. The van der Waals surface area contributed by atoms with Crippen LogP contribution < -0.4 is 10.6 Å². The number of carbonyl (C=O) groups excluding carboxylic acids is 2. The van der Waals surface area contributed by atoms with Crippen molar-refractivity contribution in [2.24, 2.45) is 0 Å². The summed E-state index contributed by atoms with van der Waals surface area (Å²) in [5.74, 6) is -0.607. The van der Waals surface area contributed by atoms with Crippen LogP contribution in [0.5, 0.6) is 0 Å². The van der Waals surface area contributed by atoms with Gasteiger partial charge in [0, 0.05) is 12.2 Å². The van der Waals surface area contributed by atoms with Crippen LogP contribution in [0.1, 0.15) is 12.0 Å². The fourth-order valence-electron chi connectivity index (χ4n) is 1.73. The van der Waals surface area contributed by atoms with Crippen molar-refractivity contribution in [2.45, 2.75) is 13.0 Å². The lowest BCUT2D eigenvalue weighted by atomic mass is 10.2. The van der Waals surface area contributed by atoms with Crippen molar-refractivity contribution in [3.05, 3.63) is 66.2 Å². The summed E-state index contributed by atoms with van der Waals surface area (Å²) >= 11 is 0. The Bertz CT molecular complexity index is 568. The largest absolute Gasteiger partial charge is 0.352 e. The first kappa shape index (κ1) is 13.8. The lowest BCUT2D eigenvalue weighted by Crippen LogP contribution is -2.27. The normalized spacial score (nSPS) is 9.80. The van der Waals surface area contributed by atoms with Gasteiger partial charge in [-0.25, -0.2) is 0 Å².